The van der Waals surface area contributed by atoms with Gasteiger partial charge in [0.25, 0.3) is 0 Å². The molecule has 1 atom stereocenters. The van der Waals surface area contributed by atoms with Crippen LogP contribution < -0.4 is 4.90 Å². The van der Waals surface area contributed by atoms with Gasteiger partial charge in [-0.25, -0.2) is 13.6 Å². The molecule has 2 aliphatic heterocycles. The smallest absolute Gasteiger partial charge is 0.414 e. The Morgan fingerprint density at radius 2 is 1.91 bits per heavy atom. The van der Waals surface area contributed by atoms with Crippen LogP contribution in [0.5, 0.6) is 0 Å². The first-order valence-electron chi connectivity index (χ1n) is 7.76. The lowest BCUT2D eigenvalue weighted by molar-refractivity contribution is 0.122. The van der Waals surface area contributed by atoms with Crippen LogP contribution in [0.4, 0.5) is 19.3 Å². The number of carbonyl (C=O) groups excluding carboxylic acids is 1. The van der Waals surface area contributed by atoms with Crippen molar-refractivity contribution >= 4 is 23.5 Å². The van der Waals surface area contributed by atoms with E-state index >= 15 is 0 Å². The molecule has 2 fully saturated rings. The van der Waals surface area contributed by atoms with E-state index in [0.29, 0.717) is 6.42 Å². The van der Waals surface area contributed by atoms with Crippen molar-refractivity contribution in [3.8, 4) is 0 Å². The lowest BCUT2D eigenvalue weighted by atomic mass is 9.92. The third-order valence-corrected chi connectivity index (χ3v) is 5.38. The highest BCUT2D eigenvalue weighted by Crippen LogP contribution is 2.36. The minimum absolute atomic E-state index is 0.0991. The summed E-state index contributed by atoms with van der Waals surface area (Å²) in [6.07, 6.45) is 0.757. The number of cyclic esters (lactones) is 1. The van der Waals surface area contributed by atoms with E-state index in [-0.39, 0.29) is 30.3 Å². The van der Waals surface area contributed by atoms with Crippen LogP contribution in [0.2, 0.25) is 0 Å². The van der Waals surface area contributed by atoms with Crippen molar-refractivity contribution in [2.45, 2.75) is 31.3 Å². The zero-order chi connectivity index (χ0) is 16.4. The third-order valence-electron chi connectivity index (χ3n) is 4.33. The standard InChI is InChI=1S/C16H19F2NO3S/c17-13-7-11(19-9-12(1-4-20)22-16(19)21)8-14(18)15(13)10-2-5-23-6-3-10/h7-8,10,12,20H,1-6,9H2/t12-/m1/s1. The molecule has 23 heavy (non-hydrogen) atoms. The quantitative estimate of drug-likeness (QED) is 0.911. The van der Waals surface area contributed by atoms with Crippen molar-refractivity contribution in [1.82, 2.24) is 0 Å². The van der Waals surface area contributed by atoms with Crippen LogP contribution in [0.25, 0.3) is 0 Å². The molecule has 1 aromatic rings. The van der Waals surface area contributed by atoms with Gasteiger partial charge in [0, 0.05) is 18.6 Å². The molecule has 2 heterocycles. The number of carbonyl (C=O) groups is 1. The largest absolute Gasteiger partial charge is 0.444 e. The van der Waals surface area contributed by atoms with Crippen molar-refractivity contribution in [3.63, 3.8) is 0 Å². The zero-order valence-electron chi connectivity index (χ0n) is 12.6. The summed E-state index contributed by atoms with van der Waals surface area (Å²) >= 11 is 1.80. The molecule has 0 aromatic heterocycles. The molecule has 126 valence electrons. The first-order valence-corrected chi connectivity index (χ1v) is 8.91. The second-order valence-corrected chi connectivity index (χ2v) is 7.06. The lowest BCUT2D eigenvalue weighted by Crippen LogP contribution is -2.25. The van der Waals surface area contributed by atoms with E-state index in [2.05, 4.69) is 0 Å². The third kappa shape index (κ3) is 3.45. The van der Waals surface area contributed by atoms with E-state index in [1.54, 1.807) is 11.8 Å². The predicted octanol–water partition coefficient (Wildman–Crippen LogP) is 3.28. The fourth-order valence-corrected chi connectivity index (χ4v) is 4.24. The van der Waals surface area contributed by atoms with Crippen LogP contribution in [0.15, 0.2) is 12.1 Å². The van der Waals surface area contributed by atoms with Crippen LogP contribution in [0.3, 0.4) is 0 Å². The number of halogens is 2. The van der Waals surface area contributed by atoms with Gasteiger partial charge in [-0.1, -0.05) is 0 Å². The minimum atomic E-state index is -0.635. The molecule has 1 amide bonds. The molecule has 7 heteroatoms. The number of anilines is 1. The van der Waals surface area contributed by atoms with Gasteiger partial charge in [0.05, 0.1) is 12.2 Å². The van der Waals surface area contributed by atoms with E-state index in [0.717, 1.165) is 24.3 Å². The normalized spacial score (nSPS) is 22.5. The number of hydrogen-bond donors (Lipinski definition) is 1. The molecule has 0 aliphatic carbocycles. The van der Waals surface area contributed by atoms with Crippen LogP contribution in [0.1, 0.15) is 30.7 Å². The molecule has 3 rings (SSSR count). The SMILES string of the molecule is O=C1O[C@H](CCO)CN1c1cc(F)c(C2CCSCC2)c(F)c1. The predicted molar refractivity (Wildman–Crippen MR) is 85.0 cm³/mol. The fraction of sp³-hybridized carbons (Fsp3) is 0.562. The summed E-state index contributed by atoms with van der Waals surface area (Å²) in [4.78, 5) is 13.1. The van der Waals surface area contributed by atoms with Gasteiger partial charge >= 0.3 is 6.09 Å². The summed E-state index contributed by atoms with van der Waals surface area (Å²) in [6, 6.07) is 2.42. The maximum absolute atomic E-state index is 14.5. The van der Waals surface area contributed by atoms with Crippen molar-refractivity contribution in [2.75, 3.05) is 29.6 Å². The Bertz CT molecular complexity index is 570. The summed E-state index contributed by atoms with van der Waals surface area (Å²) in [5, 5.41) is 8.91. The van der Waals surface area contributed by atoms with Gasteiger partial charge in [0.2, 0.25) is 0 Å². The summed E-state index contributed by atoms with van der Waals surface area (Å²) in [6.45, 7) is 0.0881. The summed E-state index contributed by atoms with van der Waals surface area (Å²) in [5.74, 6) is 0.516. The molecule has 0 radical (unpaired) electrons. The number of aliphatic hydroxyl groups is 1. The number of nitrogens with zero attached hydrogens (tertiary/aromatic N) is 1. The number of hydrogen-bond acceptors (Lipinski definition) is 4. The molecule has 1 aromatic carbocycles. The molecular formula is C16H19F2NO3S. The summed E-state index contributed by atoms with van der Waals surface area (Å²) in [5.41, 5.74) is 0.299. The monoisotopic (exact) mass is 343 g/mol. The Kier molecular flexibility index (Phi) is 5.06. The summed E-state index contributed by atoms with van der Waals surface area (Å²) in [7, 11) is 0. The average Bonchev–Trinajstić information content (AvgIpc) is 2.89. The molecule has 0 bridgehead atoms. The van der Waals surface area contributed by atoms with E-state index < -0.39 is 23.8 Å². The first-order chi connectivity index (χ1) is 11.1. The van der Waals surface area contributed by atoms with Crippen molar-refractivity contribution < 1.29 is 23.4 Å². The molecular weight excluding hydrogens is 324 g/mol. The number of amides is 1. The molecule has 0 saturated carbocycles. The van der Waals surface area contributed by atoms with Crippen LogP contribution >= 0.6 is 11.8 Å². The van der Waals surface area contributed by atoms with Gasteiger partial charge < -0.3 is 9.84 Å². The van der Waals surface area contributed by atoms with Gasteiger partial charge in [-0.05, 0) is 42.4 Å². The van der Waals surface area contributed by atoms with E-state index in [1.807, 2.05) is 0 Å². The lowest BCUT2D eigenvalue weighted by Gasteiger charge is -2.23. The van der Waals surface area contributed by atoms with Crippen LogP contribution in [0, 0.1) is 11.6 Å². The van der Waals surface area contributed by atoms with Gasteiger partial charge in [-0.15, -0.1) is 0 Å². The fourth-order valence-electron chi connectivity index (χ4n) is 3.13. The van der Waals surface area contributed by atoms with Crippen LogP contribution in [-0.4, -0.2) is 42.0 Å². The Morgan fingerprint density at radius 1 is 1.26 bits per heavy atom. The molecule has 4 nitrogen and oxygen atoms in total. The Labute approximate surface area is 137 Å². The number of benzene rings is 1. The maximum atomic E-state index is 14.5. The number of rotatable bonds is 4. The van der Waals surface area contributed by atoms with E-state index in [4.69, 9.17) is 9.84 Å². The van der Waals surface area contributed by atoms with Gasteiger partial charge in [0.15, 0.2) is 0 Å². The van der Waals surface area contributed by atoms with E-state index in [9.17, 15) is 13.6 Å². The summed E-state index contributed by atoms with van der Waals surface area (Å²) < 4.78 is 34.0. The zero-order valence-corrected chi connectivity index (χ0v) is 13.5. The Balaban J connectivity index is 1.83. The topological polar surface area (TPSA) is 49.8 Å². The van der Waals surface area contributed by atoms with Crippen molar-refractivity contribution in [2.24, 2.45) is 0 Å². The van der Waals surface area contributed by atoms with E-state index in [1.165, 1.54) is 17.0 Å². The Hall–Kier alpha value is -1.34. The highest BCUT2D eigenvalue weighted by molar-refractivity contribution is 7.99. The van der Waals surface area contributed by atoms with Crippen LogP contribution in [-0.2, 0) is 4.74 Å². The number of thioether (sulfide) groups is 1. The maximum Gasteiger partial charge on any atom is 0.414 e. The highest BCUT2D eigenvalue weighted by atomic mass is 32.2. The molecule has 0 spiro atoms. The average molecular weight is 343 g/mol. The van der Waals surface area contributed by atoms with Crippen molar-refractivity contribution in [1.29, 1.82) is 0 Å². The van der Waals surface area contributed by atoms with Gasteiger partial charge in [-0.2, -0.15) is 11.8 Å². The van der Waals surface area contributed by atoms with Gasteiger partial charge in [0.1, 0.15) is 17.7 Å². The molecule has 1 N–H and O–H groups in total. The van der Waals surface area contributed by atoms with Crippen molar-refractivity contribution in [3.05, 3.63) is 29.3 Å². The second kappa shape index (κ2) is 7.05. The molecule has 2 saturated heterocycles. The number of ether oxygens (including phenoxy) is 1. The number of aliphatic hydroxyl groups excluding tert-OH is 1. The van der Waals surface area contributed by atoms with Gasteiger partial charge in [-0.3, -0.25) is 4.90 Å². The molecule has 0 unspecified atom stereocenters. The highest BCUT2D eigenvalue weighted by Gasteiger charge is 2.33. The Morgan fingerprint density at radius 3 is 2.52 bits per heavy atom. The molecule has 2 aliphatic rings. The second-order valence-electron chi connectivity index (χ2n) is 5.84. The first kappa shape index (κ1) is 16.5. The minimum Gasteiger partial charge on any atom is -0.444 e.